The summed E-state index contributed by atoms with van der Waals surface area (Å²) in [6, 6.07) is 14.5. The van der Waals surface area contributed by atoms with E-state index in [0.717, 1.165) is 48.5 Å². The average Bonchev–Trinajstić information content (AvgIpc) is 2.93. The van der Waals surface area contributed by atoms with Gasteiger partial charge >= 0.3 is 0 Å². The van der Waals surface area contributed by atoms with Gasteiger partial charge in [-0.1, -0.05) is 30.3 Å². The second kappa shape index (κ2) is 5.42. The Morgan fingerprint density at radius 2 is 1.77 bits per heavy atom. The lowest BCUT2D eigenvalue weighted by atomic mass is 10.1. The number of nitrogens with one attached hydrogen (secondary N) is 1. The first-order valence-corrected chi connectivity index (χ1v) is 7.67. The summed E-state index contributed by atoms with van der Waals surface area (Å²) < 4.78 is 2.22. The van der Waals surface area contributed by atoms with Gasteiger partial charge in [0.25, 0.3) is 0 Å². The van der Waals surface area contributed by atoms with E-state index in [9.17, 15) is 0 Å². The van der Waals surface area contributed by atoms with Gasteiger partial charge in [0.05, 0.1) is 11.2 Å². The van der Waals surface area contributed by atoms with Gasteiger partial charge in [-0.15, -0.1) is 10.2 Å². The average molecular weight is 293 g/mol. The van der Waals surface area contributed by atoms with Crippen molar-refractivity contribution in [2.45, 2.75) is 0 Å². The Hall–Kier alpha value is -2.40. The third kappa shape index (κ3) is 2.23. The van der Waals surface area contributed by atoms with Crippen LogP contribution in [-0.4, -0.2) is 40.9 Å². The van der Waals surface area contributed by atoms with E-state index in [4.69, 9.17) is 0 Å². The van der Waals surface area contributed by atoms with Crippen LogP contribution in [0.3, 0.4) is 0 Å². The second-order valence-corrected chi connectivity index (χ2v) is 5.66. The number of anilines is 1. The van der Waals surface area contributed by atoms with E-state index in [1.165, 1.54) is 5.82 Å². The zero-order valence-corrected chi connectivity index (χ0v) is 12.7. The highest BCUT2D eigenvalue weighted by molar-refractivity contribution is 5.84. The van der Waals surface area contributed by atoms with Crippen LogP contribution in [-0.2, 0) is 7.05 Å². The van der Waals surface area contributed by atoms with E-state index in [1.807, 2.05) is 18.2 Å². The zero-order valence-electron chi connectivity index (χ0n) is 12.7. The second-order valence-electron chi connectivity index (χ2n) is 5.66. The van der Waals surface area contributed by atoms with Crippen molar-refractivity contribution < 1.29 is 0 Å². The third-order valence-electron chi connectivity index (χ3n) is 4.28. The van der Waals surface area contributed by atoms with Gasteiger partial charge in [-0.3, -0.25) is 0 Å². The summed E-state index contributed by atoms with van der Waals surface area (Å²) in [4.78, 5) is 2.40. The molecule has 5 heteroatoms. The van der Waals surface area contributed by atoms with Gasteiger partial charge in [-0.2, -0.15) is 0 Å². The molecule has 22 heavy (non-hydrogen) atoms. The number of hydrogen-bond donors (Lipinski definition) is 1. The molecule has 0 aliphatic carbocycles. The van der Waals surface area contributed by atoms with Crippen molar-refractivity contribution in [2.24, 2.45) is 7.05 Å². The molecule has 1 fully saturated rings. The highest BCUT2D eigenvalue weighted by Gasteiger charge is 2.16. The Morgan fingerprint density at radius 3 is 2.55 bits per heavy atom. The van der Waals surface area contributed by atoms with Gasteiger partial charge in [0.15, 0.2) is 0 Å². The van der Waals surface area contributed by atoms with E-state index in [-0.39, 0.29) is 0 Å². The summed E-state index contributed by atoms with van der Waals surface area (Å²) in [6.45, 7) is 4.12. The SMILES string of the molecule is Cn1c(N2CCNCC2)cc2nnc(-c3ccccc3)cc21. The monoisotopic (exact) mass is 293 g/mol. The molecule has 0 bridgehead atoms. The van der Waals surface area contributed by atoms with E-state index >= 15 is 0 Å². The van der Waals surface area contributed by atoms with E-state index in [2.05, 4.69) is 56.3 Å². The molecule has 2 aromatic heterocycles. The molecule has 0 amide bonds. The quantitative estimate of drug-likeness (QED) is 0.785. The van der Waals surface area contributed by atoms with Gasteiger partial charge in [0.1, 0.15) is 11.3 Å². The minimum atomic E-state index is 0.918. The fraction of sp³-hybridized carbons (Fsp3) is 0.294. The number of aromatic nitrogens is 3. The number of fused-ring (bicyclic) bond motifs is 1. The Balaban J connectivity index is 1.78. The van der Waals surface area contributed by atoms with Crippen LogP contribution in [0, 0.1) is 0 Å². The molecule has 0 unspecified atom stereocenters. The number of aryl methyl sites for hydroxylation is 1. The summed E-state index contributed by atoms with van der Waals surface area (Å²) in [6.07, 6.45) is 0. The molecule has 1 saturated heterocycles. The molecule has 1 aliphatic rings. The van der Waals surface area contributed by atoms with Crippen molar-refractivity contribution in [3.63, 3.8) is 0 Å². The molecule has 0 radical (unpaired) electrons. The van der Waals surface area contributed by atoms with Crippen molar-refractivity contribution in [1.82, 2.24) is 20.1 Å². The molecule has 3 heterocycles. The van der Waals surface area contributed by atoms with Crippen LogP contribution in [0.5, 0.6) is 0 Å². The maximum atomic E-state index is 4.42. The summed E-state index contributed by atoms with van der Waals surface area (Å²) in [7, 11) is 2.11. The Labute approximate surface area is 129 Å². The van der Waals surface area contributed by atoms with Crippen LogP contribution in [0.25, 0.3) is 22.3 Å². The Morgan fingerprint density at radius 1 is 1.00 bits per heavy atom. The normalized spacial score (nSPS) is 15.4. The molecule has 0 atom stereocenters. The largest absolute Gasteiger partial charge is 0.355 e. The van der Waals surface area contributed by atoms with Crippen LogP contribution in [0.15, 0.2) is 42.5 Å². The highest BCUT2D eigenvalue weighted by atomic mass is 15.3. The Kier molecular flexibility index (Phi) is 3.27. The lowest BCUT2D eigenvalue weighted by molar-refractivity contribution is 0.580. The minimum Gasteiger partial charge on any atom is -0.355 e. The number of rotatable bonds is 2. The zero-order chi connectivity index (χ0) is 14.9. The first-order valence-electron chi connectivity index (χ1n) is 7.67. The van der Waals surface area contributed by atoms with Gasteiger partial charge in [0.2, 0.25) is 0 Å². The molecular weight excluding hydrogens is 274 g/mol. The molecule has 0 saturated carbocycles. The molecule has 0 spiro atoms. The maximum Gasteiger partial charge on any atom is 0.113 e. The number of hydrogen-bond acceptors (Lipinski definition) is 4. The molecule has 1 aliphatic heterocycles. The van der Waals surface area contributed by atoms with Crippen molar-refractivity contribution >= 4 is 16.9 Å². The van der Waals surface area contributed by atoms with Crippen LogP contribution in [0.4, 0.5) is 5.82 Å². The predicted molar refractivity (Wildman–Crippen MR) is 89.0 cm³/mol. The minimum absolute atomic E-state index is 0.918. The lowest BCUT2D eigenvalue weighted by Gasteiger charge is -2.29. The Bertz CT molecular complexity index is 787. The van der Waals surface area contributed by atoms with Crippen LogP contribution in [0.2, 0.25) is 0 Å². The van der Waals surface area contributed by atoms with Crippen LogP contribution < -0.4 is 10.2 Å². The summed E-state index contributed by atoms with van der Waals surface area (Å²) >= 11 is 0. The smallest absolute Gasteiger partial charge is 0.113 e. The fourth-order valence-electron chi connectivity index (χ4n) is 3.05. The molecule has 1 N–H and O–H groups in total. The van der Waals surface area contributed by atoms with Crippen molar-refractivity contribution in [2.75, 3.05) is 31.1 Å². The van der Waals surface area contributed by atoms with E-state index < -0.39 is 0 Å². The van der Waals surface area contributed by atoms with Crippen molar-refractivity contribution in [3.05, 3.63) is 42.5 Å². The van der Waals surface area contributed by atoms with E-state index in [0.29, 0.717) is 0 Å². The lowest BCUT2D eigenvalue weighted by Crippen LogP contribution is -2.44. The standard InChI is InChI=1S/C17H19N5/c1-21-16-11-14(13-5-3-2-4-6-13)19-20-15(16)12-17(21)22-9-7-18-8-10-22/h2-6,11-12,18H,7-10H2,1H3. The molecule has 3 aromatic rings. The molecule has 5 nitrogen and oxygen atoms in total. The maximum absolute atomic E-state index is 4.42. The van der Waals surface area contributed by atoms with E-state index in [1.54, 1.807) is 0 Å². The molecular formula is C17H19N5. The third-order valence-corrected chi connectivity index (χ3v) is 4.28. The predicted octanol–water partition coefficient (Wildman–Crippen LogP) is 2.04. The molecule has 112 valence electrons. The first-order chi connectivity index (χ1) is 10.8. The molecule has 4 rings (SSSR count). The van der Waals surface area contributed by atoms with Gasteiger partial charge in [-0.25, -0.2) is 0 Å². The fourth-order valence-corrected chi connectivity index (χ4v) is 3.05. The number of nitrogens with zero attached hydrogens (tertiary/aromatic N) is 4. The van der Waals surface area contributed by atoms with Gasteiger partial charge < -0.3 is 14.8 Å². The molecule has 1 aromatic carbocycles. The first kappa shape index (κ1) is 13.3. The van der Waals surface area contributed by atoms with Crippen LogP contribution >= 0.6 is 0 Å². The topological polar surface area (TPSA) is 46.0 Å². The van der Waals surface area contributed by atoms with Crippen molar-refractivity contribution in [1.29, 1.82) is 0 Å². The van der Waals surface area contributed by atoms with Crippen LogP contribution in [0.1, 0.15) is 0 Å². The van der Waals surface area contributed by atoms with Gasteiger partial charge in [0, 0.05) is 44.9 Å². The number of benzene rings is 1. The van der Waals surface area contributed by atoms with Crippen molar-refractivity contribution in [3.8, 4) is 11.3 Å². The summed E-state index contributed by atoms with van der Waals surface area (Å²) in [5, 5.41) is 12.2. The summed E-state index contributed by atoms with van der Waals surface area (Å²) in [5.41, 5.74) is 4.10. The summed E-state index contributed by atoms with van der Waals surface area (Å²) in [5.74, 6) is 1.22. The highest BCUT2D eigenvalue weighted by Crippen LogP contribution is 2.26. The number of piperazine rings is 1. The van der Waals surface area contributed by atoms with Gasteiger partial charge in [-0.05, 0) is 6.07 Å².